The number of hydrogen-bond acceptors (Lipinski definition) is 5. The first-order valence-electron chi connectivity index (χ1n) is 5.12. The quantitative estimate of drug-likeness (QED) is 0.339. The van der Waals surface area contributed by atoms with E-state index < -0.39 is 10.2 Å². The van der Waals surface area contributed by atoms with Crippen molar-refractivity contribution >= 4 is 23.1 Å². The molecule has 20 heavy (non-hydrogen) atoms. The lowest BCUT2D eigenvalue weighted by atomic mass is 10.2. The van der Waals surface area contributed by atoms with Gasteiger partial charge in [0.05, 0.1) is 21.2 Å². The van der Waals surface area contributed by atoms with Gasteiger partial charge in [-0.3, -0.25) is 4.58 Å². The lowest BCUT2D eigenvalue weighted by molar-refractivity contribution is -2.00. The minimum atomic E-state index is -4.94. The Morgan fingerprint density at radius 2 is 1.65 bits per heavy atom. The molecule has 7 nitrogen and oxygen atoms in total. The second-order valence-corrected chi connectivity index (χ2v) is 4.72. The van der Waals surface area contributed by atoms with E-state index in [0.717, 1.165) is 11.3 Å². The number of nitrogens with zero attached hydrogens (tertiary/aromatic N) is 2. The van der Waals surface area contributed by atoms with Crippen molar-refractivity contribution in [3.05, 3.63) is 29.8 Å². The summed E-state index contributed by atoms with van der Waals surface area (Å²) in [5, 5.41) is 0.464. The van der Waals surface area contributed by atoms with Gasteiger partial charge in [-0.1, -0.05) is 0 Å². The highest BCUT2D eigenvalue weighted by atomic mass is 35.7. The maximum absolute atomic E-state index is 8.49. The van der Waals surface area contributed by atoms with E-state index in [1.54, 1.807) is 13.4 Å². The van der Waals surface area contributed by atoms with E-state index in [9.17, 15) is 0 Å². The third-order valence-electron chi connectivity index (χ3n) is 1.73. The predicted molar refractivity (Wildman–Crippen MR) is 63.6 cm³/mol. The van der Waals surface area contributed by atoms with Crippen LogP contribution in [0.3, 0.4) is 0 Å². The summed E-state index contributed by atoms with van der Waals surface area (Å²) in [6.07, 6.45) is 1.66. The zero-order valence-corrected chi connectivity index (χ0v) is 12.6. The van der Waals surface area contributed by atoms with Crippen LogP contribution in [0.4, 0.5) is 0 Å². The molecule has 0 unspecified atom stereocenters. The topological polar surface area (TPSA) is 117 Å². The van der Waals surface area contributed by atoms with Crippen LogP contribution in [0.2, 0.25) is 0 Å². The summed E-state index contributed by atoms with van der Waals surface area (Å²) in [6.45, 7) is 0. The Hall–Kier alpha value is -1.22. The average molecular weight is 325 g/mol. The van der Waals surface area contributed by atoms with E-state index in [2.05, 4.69) is 4.99 Å². The van der Waals surface area contributed by atoms with Crippen molar-refractivity contribution in [3.63, 3.8) is 0 Å². The van der Waals surface area contributed by atoms with Gasteiger partial charge in [-0.15, -0.1) is 10.2 Å². The molecule has 9 heteroatoms. The monoisotopic (exact) mass is 324 g/mol. The van der Waals surface area contributed by atoms with Crippen LogP contribution in [0.15, 0.2) is 29.3 Å². The lowest BCUT2D eigenvalue weighted by Crippen LogP contribution is -2.68. The molecule has 1 rings (SSSR count). The second kappa shape index (κ2) is 8.85. The molecule has 0 aromatic heterocycles. The van der Waals surface area contributed by atoms with Crippen LogP contribution in [-0.2, 0) is 0 Å². The van der Waals surface area contributed by atoms with Gasteiger partial charge in [-0.25, -0.2) is 18.6 Å². The Morgan fingerprint density at radius 1 is 1.20 bits per heavy atom. The van der Waals surface area contributed by atoms with Gasteiger partial charge in [0.1, 0.15) is 5.75 Å². The minimum absolute atomic E-state index is 0.464. The fraction of sp³-hybridized carbons (Fsp3) is 0.273. The first-order chi connectivity index (χ1) is 9.13. The molecule has 0 amide bonds. The molecule has 0 N–H and O–H groups in total. The number of rotatable bonds is 3. The highest BCUT2D eigenvalue weighted by Crippen LogP contribution is 2.13. The zero-order valence-electron chi connectivity index (χ0n) is 11.1. The van der Waals surface area contributed by atoms with Gasteiger partial charge >= 0.3 is 0 Å². The van der Waals surface area contributed by atoms with Gasteiger partial charge in [0, 0.05) is 5.56 Å². The molecular formula is C11H14Cl2N2O5. The van der Waals surface area contributed by atoms with Crippen molar-refractivity contribution in [1.82, 2.24) is 0 Å². The summed E-state index contributed by atoms with van der Waals surface area (Å²) in [7, 11) is 0.466. The molecule has 0 saturated carbocycles. The maximum atomic E-state index is 8.49. The molecule has 0 heterocycles. The van der Waals surface area contributed by atoms with E-state index in [4.69, 9.17) is 35.0 Å². The zero-order chi connectivity index (χ0) is 15.8. The van der Waals surface area contributed by atoms with Crippen molar-refractivity contribution in [2.24, 2.45) is 4.99 Å². The summed E-state index contributed by atoms with van der Waals surface area (Å²) in [5.74, 6) is 0.805. The van der Waals surface area contributed by atoms with Gasteiger partial charge in [0.2, 0.25) is 5.17 Å². The SMILES string of the molecule is COc1ccc(C(Cl)=NC=[N+](C)C)cc1.[O-][Cl+3]([O-])([O-])[O-]. The Labute approximate surface area is 123 Å². The number of aliphatic imine (C=N–C) groups is 1. The summed E-state index contributed by atoms with van der Waals surface area (Å²) < 4.78 is 40.8. The fourth-order valence-corrected chi connectivity index (χ4v) is 1.14. The van der Waals surface area contributed by atoms with E-state index in [0.29, 0.717) is 5.17 Å². The van der Waals surface area contributed by atoms with E-state index in [-0.39, 0.29) is 0 Å². The van der Waals surface area contributed by atoms with E-state index >= 15 is 0 Å². The molecule has 0 aliphatic rings. The van der Waals surface area contributed by atoms with Crippen LogP contribution in [0.5, 0.6) is 5.75 Å². The predicted octanol–water partition coefficient (Wildman–Crippen LogP) is -2.77. The van der Waals surface area contributed by atoms with Gasteiger partial charge in [-0.05, 0) is 40.9 Å². The number of benzene rings is 1. The van der Waals surface area contributed by atoms with Gasteiger partial charge in [-0.2, -0.15) is 0 Å². The van der Waals surface area contributed by atoms with Crippen LogP contribution in [0.25, 0.3) is 0 Å². The van der Waals surface area contributed by atoms with Crippen LogP contribution in [0.1, 0.15) is 5.56 Å². The molecule has 1 aromatic rings. The van der Waals surface area contributed by atoms with E-state index in [1.807, 2.05) is 42.9 Å². The summed E-state index contributed by atoms with van der Waals surface area (Å²) in [4.78, 5) is 4.09. The van der Waals surface area contributed by atoms with Crippen molar-refractivity contribution in [1.29, 1.82) is 0 Å². The Bertz CT molecular complexity index is 459. The Morgan fingerprint density at radius 3 is 2.00 bits per heavy atom. The summed E-state index contributed by atoms with van der Waals surface area (Å²) in [6, 6.07) is 7.44. The molecule has 112 valence electrons. The number of hydrogen-bond donors (Lipinski definition) is 0. The molecule has 0 atom stereocenters. The standard InChI is InChI=1S/C11H14ClN2O.ClHO4/c1-14(2)8-13-11(12)9-4-6-10(15-3)7-5-9;2-1(3,4)5/h4-8H,1-3H3;(H,2,3,4,5)/q+1;/p-1. The number of halogens is 2. The average Bonchev–Trinajstić information content (AvgIpc) is 2.34. The van der Waals surface area contributed by atoms with E-state index in [1.165, 1.54) is 0 Å². The number of methoxy groups -OCH3 is 1. The van der Waals surface area contributed by atoms with Crippen LogP contribution < -0.4 is 23.4 Å². The van der Waals surface area contributed by atoms with Crippen molar-refractivity contribution in [2.75, 3.05) is 21.2 Å². The van der Waals surface area contributed by atoms with Crippen molar-refractivity contribution in [3.8, 4) is 5.75 Å². The van der Waals surface area contributed by atoms with Crippen molar-refractivity contribution in [2.45, 2.75) is 0 Å². The largest absolute Gasteiger partial charge is 0.497 e. The second-order valence-electron chi connectivity index (χ2n) is 3.61. The summed E-state index contributed by atoms with van der Waals surface area (Å²) >= 11 is 6.00. The van der Waals surface area contributed by atoms with Gasteiger partial charge in [0.15, 0.2) is 0 Å². The molecule has 0 spiro atoms. The molecule has 1 aromatic carbocycles. The van der Waals surface area contributed by atoms with Crippen LogP contribution in [0, 0.1) is 10.2 Å². The van der Waals surface area contributed by atoms with Gasteiger partial charge < -0.3 is 4.74 Å². The first-order valence-corrected chi connectivity index (χ1v) is 6.74. The number of ether oxygens (including phenoxy) is 1. The molecule has 0 saturated heterocycles. The summed E-state index contributed by atoms with van der Waals surface area (Å²) in [5.41, 5.74) is 0.871. The van der Waals surface area contributed by atoms with Gasteiger partial charge in [0.25, 0.3) is 6.34 Å². The third kappa shape index (κ3) is 10.7. The van der Waals surface area contributed by atoms with Crippen molar-refractivity contribution < 1.29 is 38.2 Å². The highest BCUT2D eigenvalue weighted by molar-refractivity contribution is 6.70. The highest BCUT2D eigenvalue weighted by Gasteiger charge is 2.04. The molecule has 0 radical (unpaired) electrons. The first kappa shape index (κ1) is 18.8. The minimum Gasteiger partial charge on any atom is -0.497 e. The Kier molecular flexibility index (Phi) is 8.31. The lowest BCUT2D eigenvalue weighted by Gasteiger charge is -2.17. The third-order valence-corrected chi connectivity index (χ3v) is 2.05. The molecule has 0 aliphatic carbocycles. The molecular weight excluding hydrogens is 311 g/mol. The molecule has 0 aliphatic heterocycles. The normalized spacial score (nSPS) is 11.3. The molecule has 0 bridgehead atoms. The van der Waals surface area contributed by atoms with Crippen LogP contribution >= 0.6 is 11.6 Å². The smallest absolute Gasteiger partial charge is 0.282 e. The molecule has 0 fully saturated rings. The van der Waals surface area contributed by atoms with Crippen LogP contribution in [-0.4, -0.2) is 37.3 Å². The fourth-order valence-electron chi connectivity index (χ4n) is 0.969. The Balaban J connectivity index is 0.000000621. The maximum Gasteiger partial charge on any atom is 0.282 e.